The summed E-state index contributed by atoms with van der Waals surface area (Å²) in [5, 5.41) is 0.854. The Bertz CT molecular complexity index is 1700. The first kappa shape index (κ1) is 56.1. The van der Waals surface area contributed by atoms with Crippen molar-refractivity contribution in [2.75, 3.05) is 166 Å². The second kappa shape index (κ2) is 38.3. The van der Waals surface area contributed by atoms with Crippen molar-refractivity contribution in [2.24, 2.45) is 5.92 Å². The molecule has 0 aromatic heterocycles. The lowest BCUT2D eigenvalue weighted by molar-refractivity contribution is -0.0321. The van der Waals surface area contributed by atoms with Gasteiger partial charge in [0, 0.05) is 25.5 Å². The van der Waals surface area contributed by atoms with Gasteiger partial charge in [-0.3, -0.25) is 0 Å². The Morgan fingerprint density at radius 1 is 0.313 bits per heavy atom. The van der Waals surface area contributed by atoms with Gasteiger partial charge >= 0.3 is 0 Å². The zero-order chi connectivity index (χ0) is 47.1. The maximum atomic E-state index is 6.23. The first-order valence-electron chi connectivity index (χ1n) is 23.1. The fourth-order valence-corrected chi connectivity index (χ4v) is 6.51. The summed E-state index contributed by atoms with van der Waals surface area (Å²) in [5.74, 6) is 1.57. The summed E-state index contributed by atoms with van der Waals surface area (Å²) in [6, 6.07) is 33.4. The second-order valence-electron chi connectivity index (χ2n) is 15.1. The van der Waals surface area contributed by atoms with Gasteiger partial charge in [0.25, 0.3) is 0 Å². The van der Waals surface area contributed by atoms with Crippen LogP contribution in [0.1, 0.15) is 11.1 Å². The number of rotatable bonds is 43. The molecule has 0 N–H and O–H groups in total. The Morgan fingerprint density at radius 3 is 0.925 bits per heavy atom. The Labute approximate surface area is 406 Å². The molecule has 0 heterocycles. The van der Waals surface area contributed by atoms with Crippen molar-refractivity contribution in [1.82, 2.24) is 0 Å². The molecule has 67 heavy (non-hydrogen) atoms. The van der Waals surface area contributed by atoms with Crippen molar-refractivity contribution in [3.05, 3.63) is 108 Å². The number of benzene rings is 4. The van der Waals surface area contributed by atoms with E-state index in [0.29, 0.717) is 159 Å². The molecule has 4 rings (SSSR count). The third-order valence-corrected chi connectivity index (χ3v) is 10.5. The van der Waals surface area contributed by atoms with E-state index in [1.165, 1.54) is 16.7 Å². The van der Waals surface area contributed by atoms with Gasteiger partial charge in [-0.1, -0.05) is 88.7 Å². The number of methoxy groups -OCH3 is 2. The normalized spacial score (nSPS) is 11.5. The van der Waals surface area contributed by atoms with Crippen LogP contribution in [0.2, 0.25) is 0 Å². The molecule has 0 bridgehead atoms. The lowest BCUT2D eigenvalue weighted by atomic mass is 10.0. The molecule has 0 saturated heterocycles. The van der Waals surface area contributed by atoms with Crippen LogP contribution in [0.25, 0.3) is 22.3 Å². The minimum absolute atomic E-state index is 0.0102. The van der Waals surface area contributed by atoms with Gasteiger partial charge in [-0.05, 0) is 57.6 Å². The SMILES string of the molecule is COCCOCCOCCOCCOCCOCC(COCCOCCOCCOCCOCCOC)COc1ccc(-c2ccc(OCc3ccc(-c4ccc(CBr)cc4)cc3)cc2)cc1. The minimum atomic E-state index is -0.0102. The summed E-state index contributed by atoms with van der Waals surface area (Å²) in [4.78, 5) is 0. The average molecular weight is 1000 g/mol. The quantitative estimate of drug-likeness (QED) is 0.0314. The van der Waals surface area contributed by atoms with Crippen LogP contribution in [0, 0.1) is 5.92 Å². The predicted molar refractivity (Wildman–Crippen MR) is 262 cm³/mol. The third-order valence-electron chi connectivity index (χ3n) is 9.88. The summed E-state index contributed by atoms with van der Waals surface area (Å²) >= 11 is 3.51. The molecule has 15 heteroatoms. The van der Waals surface area contributed by atoms with E-state index < -0.39 is 0 Å². The Morgan fingerprint density at radius 2 is 0.597 bits per heavy atom. The molecule has 0 amide bonds. The molecular formula is C52H73BrO14. The lowest BCUT2D eigenvalue weighted by Crippen LogP contribution is -2.25. The van der Waals surface area contributed by atoms with E-state index in [1.54, 1.807) is 14.2 Å². The topological polar surface area (TPSA) is 129 Å². The highest BCUT2D eigenvalue weighted by molar-refractivity contribution is 9.08. The van der Waals surface area contributed by atoms with E-state index >= 15 is 0 Å². The highest BCUT2D eigenvalue weighted by Gasteiger charge is 2.12. The van der Waals surface area contributed by atoms with Crippen LogP contribution in [-0.2, 0) is 68.8 Å². The zero-order valence-electron chi connectivity index (χ0n) is 39.6. The number of hydrogen-bond acceptors (Lipinski definition) is 14. The second-order valence-corrected chi connectivity index (χ2v) is 15.6. The molecule has 0 aliphatic rings. The smallest absolute Gasteiger partial charge is 0.119 e. The average Bonchev–Trinajstić information content (AvgIpc) is 3.37. The lowest BCUT2D eigenvalue weighted by Gasteiger charge is -2.18. The van der Waals surface area contributed by atoms with Crippen molar-refractivity contribution in [2.45, 2.75) is 11.9 Å². The summed E-state index contributed by atoms with van der Waals surface area (Å²) < 4.78 is 78.5. The van der Waals surface area contributed by atoms with Crippen LogP contribution in [0.4, 0.5) is 0 Å². The molecule has 0 spiro atoms. The number of hydrogen-bond donors (Lipinski definition) is 0. The molecule has 372 valence electrons. The highest BCUT2D eigenvalue weighted by atomic mass is 79.9. The van der Waals surface area contributed by atoms with Crippen LogP contribution in [0.3, 0.4) is 0 Å². The molecule has 0 aliphatic heterocycles. The summed E-state index contributed by atoms with van der Waals surface area (Å²) in [7, 11) is 3.30. The molecule has 4 aromatic rings. The molecule has 0 unspecified atom stereocenters. The van der Waals surface area contributed by atoms with E-state index in [9.17, 15) is 0 Å². The van der Waals surface area contributed by atoms with Gasteiger partial charge in [0.2, 0.25) is 0 Å². The number of ether oxygens (including phenoxy) is 14. The van der Waals surface area contributed by atoms with Crippen LogP contribution < -0.4 is 9.47 Å². The Hall–Kier alpha value is -3.52. The number of halogens is 1. The van der Waals surface area contributed by atoms with Crippen LogP contribution in [-0.4, -0.2) is 166 Å². The van der Waals surface area contributed by atoms with Gasteiger partial charge in [0.05, 0.1) is 152 Å². The van der Waals surface area contributed by atoms with Gasteiger partial charge in [-0.15, -0.1) is 0 Å². The zero-order valence-corrected chi connectivity index (χ0v) is 41.2. The van der Waals surface area contributed by atoms with Gasteiger partial charge in [0.1, 0.15) is 18.1 Å². The molecule has 0 fully saturated rings. The first-order valence-corrected chi connectivity index (χ1v) is 24.3. The maximum absolute atomic E-state index is 6.23. The fraction of sp³-hybridized carbons (Fsp3) is 0.538. The molecule has 0 aliphatic carbocycles. The maximum Gasteiger partial charge on any atom is 0.119 e. The van der Waals surface area contributed by atoms with E-state index in [4.69, 9.17) is 66.3 Å². The third kappa shape index (κ3) is 26.7. The standard InChI is InChI=1S/C52H73BrO14/c1-54-19-21-56-23-25-58-27-29-60-31-33-62-35-37-64-40-46(41-65-38-36-63-34-32-61-30-28-59-26-24-57-22-20-55-2)43-67-52-17-13-50(14-18-52)49-11-15-51(16-12-49)66-42-45-5-9-48(10-6-45)47-7-3-44(39-53)4-8-47/h3-18,46H,19-43H2,1-2H3. The molecule has 0 atom stereocenters. The highest BCUT2D eigenvalue weighted by Crippen LogP contribution is 2.26. The van der Waals surface area contributed by atoms with Crippen molar-refractivity contribution >= 4 is 15.9 Å². The van der Waals surface area contributed by atoms with Crippen molar-refractivity contribution in [1.29, 1.82) is 0 Å². The van der Waals surface area contributed by atoms with E-state index in [-0.39, 0.29) is 5.92 Å². The van der Waals surface area contributed by atoms with Gasteiger partial charge in [0.15, 0.2) is 0 Å². The summed E-state index contributed by atoms with van der Waals surface area (Å²) in [5.41, 5.74) is 6.93. The number of alkyl halides is 1. The van der Waals surface area contributed by atoms with Gasteiger partial charge < -0.3 is 66.3 Å². The fourth-order valence-electron chi connectivity index (χ4n) is 6.14. The van der Waals surface area contributed by atoms with Crippen molar-refractivity contribution < 1.29 is 66.3 Å². The van der Waals surface area contributed by atoms with E-state index in [1.807, 2.05) is 24.3 Å². The van der Waals surface area contributed by atoms with Crippen molar-refractivity contribution in [3.63, 3.8) is 0 Å². The summed E-state index contributed by atoms with van der Waals surface area (Å²) in [6.45, 7) is 11.9. The van der Waals surface area contributed by atoms with Gasteiger partial charge in [-0.25, -0.2) is 0 Å². The van der Waals surface area contributed by atoms with Crippen molar-refractivity contribution in [3.8, 4) is 33.8 Å². The first-order chi connectivity index (χ1) is 33.2. The van der Waals surface area contributed by atoms with Crippen LogP contribution >= 0.6 is 15.9 Å². The monoisotopic (exact) mass is 1000 g/mol. The Balaban J connectivity index is 1.12. The van der Waals surface area contributed by atoms with E-state index in [0.717, 1.165) is 33.5 Å². The van der Waals surface area contributed by atoms with Gasteiger partial charge in [-0.2, -0.15) is 0 Å². The molecule has 4 aromatic carbocycles. The predicted octanol–water partition coefficient (Wildman–Crippen LogP) is 7.95. The van der Waals surface area contributed by atoms with E-state index in [2.05, 4.69) is 88.7 Å². The largest absolute Gasteiger partial charge is 0.493 e. The van der Waals surface area contributed by atoms with Crippen LogP contribution in [0.5, 0.6) is 11.5 Å². The minimum Gasteiger partial charge on any atom is -0.493 e. The summed E-state index contributed by atoms with van der Waals surface area (Å²) in [6.07, 6.45) is 0. The molecular weight excluding hydrogens is 928 g/mol. The molecule has 0 radical (unpaired) electrons. The molecule has 14 nitrogen and oxygen atoms in total. The van der Waals surface area contributed by atoms with Crippen LogP contribution in [0.15, 0.2) is 97.1 Å². The molecule has 0 saturated carbocycles. The Kier molecular flexibility index (Phi) is 32.1.